The first-order chi connectivity index (χ1) is 15.0. The van der Waals surface area contributed by atoms with Crippen LogP contribution in [0, 0.1) is 5.82 Å². The van der Waals surface area contributed by atoms with Crippen molar-refractivity contribution >= 4 is 46.2 Å². The number of hydrogen-bond acceptors (Lipinski definition) is 9. The molecule has 0 atom stereocenters. The monoisotopic (exact) mass is 439 g/mol. The van der Waals surface area contributed by atoms with Gasteiger partial charge in [-0.05, 0) is 42.0 Å². The molecule has 11 heteroatoms. The number of benzene rings is 2. The fourth-order valence-electron chi connectivity index (χ4n) is 2.71. The molecule has 156 valence electrons. The number of ether oxygens (including phenoxy) is 1. The van der Waals surface area contributed by atoms with Crippen LogP contribution in [0.25, 0.3) is 11.0 Å². The first-order valence-corrected chi connectivity index (χ1v) is 9.27. The minimum absolute atomic E-state index is 0.0134. The van der Waals surface area contributed by atoms with E-state index in [1.807, 2.05) is 0 Å². The minimum atomic E-state index is -0.516. The lowest BCUT2D eigenvalue weighted by atomic mass is 10.2. The van der Waals surface area contributed by atoms with Crippen molar-refractivity contribution in [1.82, 2.24) is 19.9 Å². The SMILES string of the molecule is COc1cc(/C=N/Nc2ncnc3c(Nc4ccc(F)c(Cl)c4)ncnc23)ccc1O. The molecule has 2 heterocycles. The van der Waals surface area contributed by atoms with Gasteiger partial charge in [-0.15, -0.1) is 0 Å². The van der Waals surface area contributed by atoms with Crippen molar-refractivity contribution in [2.45, 2.75) is 0 Å². The second-order valence-corrected chi connectivity index (χ2v) is 6.60. The van der Waals surface area contributed by atoms with Gasteiger partial charge in [0.25, 0.3) is 0 Å². The number of phenols is 1. The molecule has 0 amide bonds. The van der Waals surface area contributed by atoms with Gasteiger partial charge >= 0.3 is 0 Å². The van der Waals surface area contributed by atoms with E-state index in [1.54, 1.807) is 12.1 Å². The zero-order valence-corrected chi connectivity index (χ0v) is 16.8. The van der Waals surface area contributed by atoms with Gasteiger partial charge < -0.3 is 15.2 Å². The fraction of sp³-hybridized carbons (Fsp3) is 0.0500. The number of hydrazone groups is 1. The molecule has 0 fully saturated rings. The van der Waals surface area contributed by atoms with E-state index in [0.717, 1.165) is 0 Å². The Morgan fingerprint density at radius 3 is 2.52 bits per heavy atom. The van der Waals surface area contributed by atoms with Gasteiger partial charge in [0.05, 0.1) is 18.3 Å². The number of fused-ring (bicyclic) bond motifs is 1. The number of anilines is 3. The highest BCUT2D eigenvalue weighted by Crippen LogP contribution is 2.27. The lowest BCUT2D eigenvalue weighted by molar-refractivity contribution is 0.373. The molecule has 0 spiro atoms. The number of halogens is 2. The van der Waals surface area contributed by atoms with Gasteiger partial charge in [0, 0.05) is 5.69 Å². The van der Waals surface area contributed by atoms with E-state index in [0.29, 0.717) is 39.7 Å². The third-order valence-corrected chi connectivity index (χ3v) is 4.48. The molecule has 0 radical (unpaired) electrons. The van der Waals surface area contributed by atoms with Crippen LogP contribution in [0.3, 0.4) is 0 Å². The van der Waals surface area contributed by atoms with E-state index in [2.05, 4.69) is 35.8 Å². The number of aromatic nitrogens is 4. The maximum atomic E-state index is 13.4. The Morgan fingerprint density at radius 2 is 1.77 bits per heavy atom. The summed E-state index contributed by atoms with van der Waals surface area (Å²) in [4.78, 5) is 16.8. The normalized spacial score (nSPS) is 11.1. The molecule has 9 nitrogen and oxygen atoms in total. The Balaban J connectivity index is 1.59. The molecule has 0 aliphatic heterocycles. The molecule has 3 N–H and O–H groups in total. The van der Waals surface area contributed by atoms with Crippen LogP contribution in [0.5, 0.6) is 11.5 Å². The number of hydrogen-bond donors (Lipinski definition) is 3. The average Bonchev–Trinajstić information content (AvgIpc) is 2.78. The number of phenolic OH excluding ortho intramolecular Hbond substituents is 1. The van der Waals surface area contributed by atoms with Gasteiger partial charge in [-0.1, -0.05) is 11.6 Å². The van der Waals surface area contributed by atoms with Gasteiger partial charge in [0.15, 0.2) is 23.1 Å². The van der Waals surface area contributed by atoms with Crippen molar-refractivity contribution in [2.24, 2.45) is 5.10 Å². The number of methoxy groups -OCH3 is 1. The quantitative estimate of drug-likeness (QED) is 0.303. The van der Waals surface area contributed by atoms with Crippen LogP contribution in [0.1, 0.15) is 5.56 Å². The Morgan fingerprint density at radius 1 is 1.03 bits per heavy atom. The summed E-state index contributed by atoms with van der Waals surface area (Å²) in [6, 6.07) is 9.05. The largest absolute Gasteiger partial charge is 0.504 e. The van der Waals surface area contributed by atoms with Crippen molar-refractivity contribution in [2.75, 3.05) is 17.9 Å². The predicted octanol–water partition coefficient (Wildman–Crippen LogP) is 4.12. The average molecular weight is 440 g/mol. The highest BCUT2D eigenvalue weighted by atomic mass is 35.5. The van der Waals surface area contributed by atoms with Crippen LogP contribution in [0.15, 0.2) is 54.2 Å². The van der Waals surface area contributed by atoms with Gasteiger partial charge in [0.2, 0.25) is 0 Å². The second-order valence-electron chi connectivity index (χ2n) is 6.20. The van der Waals surface area contributed by atoms with E-state index in [1.165, 1.54) is 50.2 Å². The summed E-state index contributed by atoms with van der Waals surface area (Å²) in [5, 5.41) is 16.9. The molecule has 0 unspecified atom stereocenters. The lowest BCUT2D eigenvalue weighted by Gasteiger charge is -2.09. The van der Waals surface area contributed by atoms with Gasteiger partial charge in [-0.25, -0.2) is 24.3 Å². The van der Waals surface area contributed by atoms with Gasteiger partial charge in [-0.2, -0.15) is 5.10 Å². The summed E-state index contributed by atoms with van der Waals surface area (Å²) >= 11 is 5.84. The van der Waals surface area contributed by atoms with Crippen molar-refractivity contribution in [3.8, 4) is 11.5 Å². The number of nitrogens with one attached hydrogen (secondary N) is 2. The van der Waals surface area contributed by atoms with Crippen LogP contribution >= 0.6 is 11.6 Å². The standard InChI is InChI=1S/C20H15ClFN7O2/c1-31-16-6-11(2-5-15(16)30)8-27-29-20-18-17(23-10-26-20)19(25-9-24-18)28-12-3-4-14(22)13(21)7-12/h2-10,30H,1H3,(H,23,26,29)(H,24,25,28)/b27-8+. The number of nitrogens with zero attached hydrogens (tertiary/aromatic N) is 5. The molecule has 2 aromatic heterocycles. The molecule has 0 bridgehead atoms. The smallest absolute Gasteiger partial charge is 0.176 e. The molecule has 4 rings (SSSR count). The van der Waals surface area contributed by atoms with Crippen molar-refractivity contribution in [1.29, 1.82) is 0 Å². The predicted molar refractivity (Wildman–Crippen MR) is 116 cm³/mol. The molecule has 0 saturated heterocycles. The first-order valence-electron chi connectivity index (χ1n) is 8.89. The van der Waals surface area contributed by atoms with Crippen LogP contribution in [0.4, 0.5) is 21.7 Å². The van der Waals surface area contributed by atoms with Crippen molar-refractivity contribution < 1.29 is 14.2 Å². The fourth-order valence-corrected chi connectivity index (χ4v) is 2.89. The van der Waals surface area contributed by atoms with Crippen LogP contribution in [-0.4, -0.2) is 38.4 Å². The maximum absolute atomic E-state index is 13.4. The topological polar surface area (TPSA) is 117 Å². The van der Waals surface area contributed by atoms with E-state index in [9.17, 15) is 9.50 Å². The Kier molecular flexibility index (Phi) is 5.72. The van der Waals surface area contributed by atoms with Gasteiger partial charge in [-0.3, -0.25) is 5.43 Å². The molecule has 31 heavy (non-hydrogen) atoms. The molecular weight excluding hydrogens is 425 g/mol. The Labute approximate surface area is 180 Å². The molecule has 0 saturated carbocycles. The van der Waals surface area contributed by atoms with E-state index < -0.39 is 5.82 Å². The summed E-state index contributed by atoms with van der Waals surface area (Å²) in [5.41, 5.74) is 4.92. The highest BCUT2D eigenvalue weighted by Gasteiger charge is 2.11. The summed E-state index contributed by atoms with van der Waals surface area (Å²) in [5.74, 6) is 0.604. The third-order valence-electron chi connectivity index (χ3n) is 4.19. The zero-order valence-electron chi connectivity index (χ0n) is 16.0. The highest BCUT2D eigenvalue weighted by molar-refractivity contribution is 6.31. The molecular formula is C20H15ClFN7O2. The molecule has 4 aromatic rings. The van der Waals surface area contributed by atoms with Crippen molar-refractivity contribution in [3.05, 3.63) is 65.5 Å². The number of rotatable bonds is 6. The van der Waals surface area contributed by atoms with Crippen LogP contribution < -0.4 is 15.5 Å². The minimum Gasteiger partial charge on any atom is -0.504 e. The Bertz CT molecular complexity index is 1290. The molecule has 2 aromatic carbocycles. The van der Waals surface area contributed by atoms with Crippen LogP contribution in [0.2, 0.25) is 5.02 Å². The summed E-state index contributed by atoms with van der Waals surface area (Å²) < 4.78 is 18.5. The van der Waals surface area contributed by atoms with Gasteiger partial charge in [0.1, 0.15) is 29.5 Å². The summed E-state index contributed by atoms with van der Waals surface area (Å²) in [6.45, 7) is 0. The van der Waals surface area contributed by atoms with Crippen molar-refractivity contribution in [3.63, 3.8) is 0 Å². The Hall–Kier alpha value is -4.05. The molecule has 0 aliphatic carbocycles. The van der Waals surface area contributed by atoms with E-state index >= 15 is 0 Å². The summed E-state index contributed by atoms with van der Waals surface area (Å²) in [7, 11) is 1.46. The zero-order chi connectivity index (χ0) is 21.8. The van der Waals surface area contributed by atoms with E-state index in [4.69, 9.17) is 16.3 Å². The maximum Gasteiger partial charge on any atom is 0.176 e. The van der Waals surface area contributed by atoms with Crippen LogP contribution in [-0.2, 0) is 0 Å². The lowest BCUT2D eigenvalue weighted by Crippen LogP contribution is -2.02. The molecule has 0 aliphatic rings. The third kappa shape index (κ3) is 4.43. The number of aromatic hydroxyl groups is 1. The van der Waals surface area contributed by atoms with E-state index in [-0.39, 0.29) is 10.8 Å². The summed E-state index contributed by atoms with van der Waals surface area (Å²) in [6.07, 6.45) is 4.23. The second kappa shape index (κ2) is 8.76. The first kappa shape index (κ1) is 20.2.